The Kier molecular flexibility index (Phi) is 3.32. The van der Waals surface area contributed by atoms with Crippen molar-refractivity contribution in [2.24, 2.45) is 5.92 Å². The molecule has 2 unspecified atom stereocenters. The first-order valence-electron chi connectivity index (χ1n) is 4.59. The lowest BCUT2D eigenvalue weighted by molar-refractivity contribution is -0.118. The average molecular weight is 168 g/mol. The Hall–Kier alpha value is -0.790. The lowest BCUT2D eigenvalue weighted by atomic mass is 9.94. The first kappa shape index (κ1) is 9.30. The molecule has 0 aromatic carbocycles. The van der Waals surface area contributed by atoms with Crippen molar-refractivity contribution in [1.29, 1.82) is 0 Å². The average Bonchev–Trinajstić information content (AvgIpc) is 2.05. The third kappa shape index (κ3) is 2.36. The van der Waals surface area contributed by atoms with Gasteiger partial charge in [-0.05, 0) is 12.3 Å². The van der Waals surface area contributed by atoms with Crippen LogP contribution in [0, 0.1) is 5.92 Å². The molecule has 2 heteroatoms. The van der Waals surface area contributed by atoms with Crippen molar-refractivity contribution < 1.29 is 9.53 Å². The Balaban J connectivity index is 2.42. The van der Waals surface area contributed by atoms with E-state index in [0.717, 1.165) is 12.8 Å². The van der Waals surface area contributed by atoms with Gasteiger partial charge in [-0.2, -0.15) is 0 Å². The summed E-state index contributed by atoms with van der Waals surface area (Å²) in [6, 6.07) is 0. The van der Waals surface area contributed by atoms with Crippen LogP contribution in [0.1, 0.15) is 33.1 Å². The highest BCUT2D eigenvalue weighted by Gasteiger charge is 2.22. The quantitative estimate of drug-likeness (QED) is 0.646. The van der Waals surface area contributed by atoms with Gasteiger partial charge in [0.15, 0.2) is 5.78 Å². The summed E-state index contributed by atoms with van der Waals surface area (Å²) in [5, 5.41) is 0. The first-order valence-corrected chi connectivity index (χ1v) is 4.59. The minimum Gasteiger partial charge on any atom is -0.497 e. The Labute approximate surface area is 73.6 Å². The van der Waals surface area contributed by atoms with Crippen LogP contribution in [0.4, 0.5) is 0 Å². The summed E-state index contributed by atoms with van der Waals surface area (Å²) in [6.45, 7) is 4.29. The minimum absolute atomic E-state index is 0.113. The molecule has 1 rings (SSSR count). The number of ketones is 1. The van der Waals surface area contributed by atoms with Crippen molar-refractivity contribution in [2.45, 2.75) is 39.2 Å². The zero-order valence-electron chi connectivity index (χ0n) is 7.75. The molecule has 0 radical (unpaired) electrons. The highest BCUT2D eigenvalue weighted by Crippen LogP contribution is 2.20. The number of carbonyl (C=O) groups excluding carboxylic acids is 1. The molecule has 1 heterocycles. The van der Waals surface area contributed by atoms with Crippen molar-refractivity contribution >= 4 is 5.78 Å². The monoisotopic (exact) mass is 168 g/mol. The van der Waals surface area contributed by atoms with Gasteiger partial charge in [-0.1, -0.05) is 20.3 Å². The third-order valence-electron chi connectivity index (χ3n) is 2.29. The van der Waals surface area contributed by atoms with E-state index in [1.807, 2.05) is 0 Å². The number of ether oxygens (including phenoxy) is 1. The predicted molar refractivity (Wildman–Crippen MR) is 47.7 cm³/mol. The van der Waals surface area contributed by atoms with Crippen molar-refractivity contribution in [1.82, 2.24) is 0 Å². The number of carbonyl (C=O) groups is 1. The summed E-state index contributed by atoms with van der Waals surface area (Å²) >= 11 is 0. The molecule has 1 aliphatic rings. The van der Waals surface area contributed by atoms with Crippen molar-refractivity contribution in [3.8, 4) is 0 Å². The number of hydrogen-bond acceptors (Lipinski definition) is 2. The number of allylic oxidation sites excluding steroid dienone is 1. The molecule has 2 atom stereocenters. The molecule has 0 N–H and O–H groups in total. The standard InChI is InChI=1S/C10H16O2/c1-3-4-8(2)10-7-9(11)5-6-12-10/h5-6,8,10H,3-4,7H2,1-2H3. The van der Waals surface area contributed by atoms with Gasteiger partial charge in [0.2, 0.25) is 0 Å². The number of hydrogen-bond donors (Lipinski definition) is 0. The van der Waals surface area contributed by atoms with Crippen LogP contribution >= 0.6 is 0 Å². The molecule has 0 bridgehead atoms. The lowest BCUT2D eigenvalue weighted by Gasteiger charge is -2.24. The summed E-state index contributed by atoms with van der Waals surface area (Å²) in [4.78, 5) is 11.0. The van der Waals surface area contributed by atoms with Gasteiger partial charge in [0.05, 0.1) is 6.26 Å². The molecule has 2 nitrogen and oxygen atoms in total. The molecule has 0 saturated heterocycles. The van der Waals surface area contributed by atoms with E-state index in [9.17, 15) is 4.79 Å². The number of rotatable bonds is 3. The Morgan fingerprint density at radius 2 is 2.50 bits per heavy atom. The molecular formula is C10H16O2. The Morgan fingerprint density at radius 1 is 1.75 bits per heavy atom. The van der Waals surface area contributed by atoms with Gasteiger partial charge in [0, 0.05) is 12.5 Å². The third-order valence-corrected chi connectivity index (χ3v) is 2.29. The molecule has 12 heavy (non-hydrogen) atoms. The summed E-state index contributed by atoms with van der Waals surface area (Å²) in [5.41, 5.74) is 0. The molecule has 0 spiro atoms. The molecule has 0 fully saturated rings. The van der Waals surface area contributed by atoms with Gasteiger partial charge < -0.3 is 4.74 Å². The maximum Gasteiger partial charge on any atom is 0.162 e. The van der Waals surface area contributed by atoms with E-state index < -0.39 is 0 Å². The first-order chi connectivity index (χ1) is 5.74. The van der Waals surface area contributed by atoms with E-state index in [2.05, 4.69) is 13.8 Å². The largest absolute Gasteiger partial charge is 0.497 e. The fourth-order valence-corrected chi connectivity index (χ4v) is 1.51. The van der Waals surface area contributed by atoms with Crippen LogP contribution < -0.4 is 0 Å². The topological polar surface area (TPSA) is 26.3 Å². The Morgan fingerprint density at radius 3 is 3.08 bits per heavy atom. The minimum atomic E-state index is 0.113. The summed E-state index contributed by atoms with van der Waals surface area (Å²) < 4.78 is 5.36. The maximum atomic E-state index is 11.0. The highest BCUT2D eigenvalue weighted by atomic mass is 16.5. The fourth-order valence-electron chi connectivity index (χ4n) is 1.51. The summed E-state index contributed by atoms with van der Waals surface area (Å²) in [6.07, 6.45) is 5.99. The zero-order valence-corrected chi connectivity index (χ0v) is 7.75. The molecule has 1 aliphatic heterocycles. The van der Waals surface area contributed by atoms with Gasteiger partial charge in [0.25, 0.3) is 0 Å². The zero-order chi connectivity index (χ0) is 8.97. The second-order valence-corrected chi connectivity index (χ2v) is 3.41. The molecular weight excluding hydrogens is 152 g/mol. The summed E-state index contributed by atoms with van der Waals surface area (Å²) in [5.74, 6) is 0.679. The molecule has 0 aliphatic carbocycles. The molecule has 0 saturated carbocycles. The van der Waals surface area contributed by atoms with E-state index >= 15 is 0 Å². The van der Waals surface area contributed by atoms with Gasteiger partial charge in [0.1, 0.15) is 6.10 Å². The normalized spacial score (nSPS) is 25.2. The van der Waals surface area contributed by atoms with Crippen LogP contribution in [0.5, 0.6) is 0 Å². The fraction of sp³-hybridized carbons (Fsp3) is 0.700. The predicted octanol–water partition coefficient (Wildman–Crippen LogP) is 2.29. The van der Waals surface area contributed by atoms with Gasteiger partial charge in [-0.15, -0.1) is 0 Å². The van der Waals surface area contributed by atoms with Crippen molar-refractivity contribution in [2.75, 3.05) is 0 Å². The van der Waals surface area contributed by atoms with E-state index in [1.54, 1.807) is 0 Å². The van der Waals surface area contributed by atoms with Crippen molar-refractivity contribution in [3.63, 3.8) is 0 Å². The smallest absolute Gasteiger partial charge is 0.162 e. The van der Waals surface area contributed by atoms with E-state index in [-0.39, 0.29) is 11.9 Å². The van der Waals surface area contributed by atoms with Crippen LogP contribution in [0.15, 0.2) is 12.3 Å². The van der Waals surface area contributed by atoms with Crippen LogP contribution in [0.2, 0.25) is 0 Å². The summed E-state index contributed by atoms with van der Waals surface area (Å²) in [7, 11) is 0. The van der Waals surface area contributed by atoms with E-state index in [4.69, 9.17) is 4.74 Å². The van der Waals surface area contributed by atoms with Gasteiger partial charge >= 0.3 is 0 Å². The molecule has 0 aromatic heterocycles. The van der Waals surface area contributed by atoms with Gasteiger partial charge in [-0.25, -0.2) is 0 Å². The van der Waals surface area contributed by atoms with E-state index in [1.165, 1.54) is 12.3 Å². The van der Waals surface area contributed by atoms with Crippen molar-refractivity contribution in [3.05, 3.63) is 12.3 Å². The second kappa shape index (κ2) is 4.29. The van der Waals surface area contributed by atoms with Gasteiger partial charge in [-0.3, -0.25) is 4.79 Å². The molecule has 68 valence electrons. The van der Waals surface area contributed by atoms with Crippen LogP contribution in [0.3, 0.4) is 0 Å². The lowest BCUT2D eigenvalue weighted by Crippen LogP contribution is -2.25. The van der Waals surface area contributed by atoms with Crippen LogP contribution in [-0.4, -0.2) is 11.9 Å². The van der Waals surface area contributed by atoms with E-state index in [0.29, 0.717) is 12.3 Å². The molecule has 0 aromatic rings. The SMILES string of the molecule is CCCC(C)C1CC(=O)C=CO1. The van der Waals surface area contributed by atoms with Crippen LogP contribution in [0.25, 0.3) is 0 Å². The van der Waals surface area contributed by atoms with Crippen LogP contribution in [-0.2, 0) is 9.53 Å². The highest BCUT2D eigenvalue weighted by molar-refractivity contribution is 5.90. The second-order valence-electron chi connectivity index (χ2n) is 3.41. The molecule has 0 amide bonds. The Bertz CT molecular complexity index is 184. The maximum absolute atomic E-state index is 11.0.